The standard InChI is InChI=1S/C16H21FN4O/c1-21(2)13-9-4-3-8-12(13)18-16-19-14-10(15(22)20-16)6-5-7-11(14)17/h5-7,12-13H,3-4,8-9H2,1-2H3,(H2,18,19,20,22)/t12?,13-/m1/s1. The van der Waals surface area contributed by atoms with Crippen LogP contribution >= 0.6 is 0 Å². The van der Waals surface area contributed by atoms with E-state index in [1.807, 2.05) is 0 Å². The second kappa shape index (κ2) is 6.04. The van der Waals surface area contributed by atoms with Crippen molar-refractivity contribution in [3.63, 3.8) is 0 Å². The lowest BCUT2D eigenvalue weighted by Gasteiger charge is -2.36. The van der Waals surface area contributed by atoms with Crippen LogP contribution in [0.3, 0.4) is 0 Å². The first kappa shape index (κ1) is 15.0. The molecular weight excluding hydrogens is 283 g/mol. The molecule has 0 saturated heterocycles. The number of nitrogens with one attached hydrogen (secondary N) is 2. The van der Waals surface area contributed by atoms with Crippen LogP contribution in [0.15, 0.2) is 23.0 Å². The molecule has 1 aromatic heterocycles. The number of likely N-dealkylation sites (N-methyl/N-ethyl adjacent to an activating group) is 1. The molecule has 22 heavy (non-hydrogen) atoms. The maximum Gasteiger partial charge on any atom is 0.260 e. The molecule has 2 atom stereocenters. The number of rotatable bonds is 3. The second-order valence-corrected chi connectivity index (χ2v) is 6.12. The minimum absolute atomic E-state index is 0.117. The summed E-state index contributed by atoms with van der Waals surface area (Å²) in [6.07, 6.45) is 4.48. The van der Waals surface area contributed by atoms with Gasteiger partial charge in [0.15, 0.2) is 0 Å². The first-order valence-corrected chi connectivity index (χ1v) is 7.68. The highest BCUT2D eigenvalue weighted by Crippen LogP contribution is 2.24. The summed E-state index contributed by atoms with van der Waals surface area (Å²) in [5.41, 5.74) is -0.199. The van der Waals surface area contributed by atoms with Gasteiger partial charge >= 0.3 is 0 Å². The van der Waals surface area contributed by atoms with Crippen molar-refractivity contribution in [1.82, 2.24) is 14.9 Å². The third-order valence-corrected chi connectivity index (χ3v) is 4.40. The Kier molecular flexibility index (Phi) is 4.11. The third-order valence-electron chi connectivity index (χ3n) is 4.40. The highest BCUT2D eigenvalue weighted by molar-refractivity contribution is 5.78. The predicted molar refractivity (Wildman–Crippen MR) is 85.7 cm³/mol. The van der Waals surface area contributed by atoms with E-state index in [-0.39, 0.29) is 22.5 Å². The topological polar surface area (TPSA) is 61.0 Å². The highest BCUT2D eigenvalue weighted by Gasteiger charge is 2.27. The fourth-order valence-electron chi connectivity index (χ4n) is 3.27. The summed E-state index contributed by atoms with van der Waals surface area (Å²) in [7, 11) is 4.11. The molecule has 0 bridgehead atoms. The van der Waals surface area contributed by atoms with E-state index in [2.05, 4.69) is 34.3 Å². The summed E-state index contributed by atoms with van der Waals surface area (Å²) >= 11 is 0. The molecule has 2 aromatic rings. The number of anilines is 1. The summed E-state index contributed by atoms with van der Waals surface area (Å²) in [4.78, 5) is 21.3. The van der Waals surface area contributed by atoms with Crippen molar-refractivity contribution in [1.29, 1.82) is 0 Å². The molecule has 3 rings (SSSR count). The quantitative estimate of drug-likeness (QED) is 0.914. The maximum atomic E-state index is 13.9. The van der Waals surface area contributed by atoms with Gasteiger partial charge in [-0.2, -0.15) is 0 Å². The summed E-state index contributed by atoms with van der Waals surface area (Å²) in [5, 5.41) is 3.57. The number of aromatic nitrogens is 2. The summed E-state index contributed by atoms with van der Waals surface area (Å²) in [6, 6.07) is 5.01. The molecule has 1 fully saturated rings. The molecule has 6 heteroatoms. The lowest BCUT2D eigenvalue weighted by Crippen LogP contribution is -2.45. The number of fused-ring (bicyclic) bond motifs is 1. The van der Waals surface area contributed by atoms with Gasteiger partial charge in [-0.25, -0.2) is 9.37 Å². The predicted octanol–water partition coefficient (Wildman–Crippen LogP) is 2.35. The first-order chi connectivity index (χ1) is 10.6. The van der Waals surface area contributed by atoms with Gasteiger partial charge < -0.3 is 10.2 Å². The van der Waals surface area contributed by atoms with Crippen molar-refractivity contribution >= 4 is 16.9 Å². The van der Waals surface area contributed by atoms with Gasteiger partial charge in [-0.1, -0.05) is 18.9 Å². The summed E-state index contributed by atoms with van der Waals surface area (Å²) in [5.74, 6) is -0.124. The lowest BCUT2D eigenvalue weighted by atomic mass is 9.89. The van der Waals surface area contributed by atoms with Crippen LogP contribution in [0, 0.1) is 5.82 Å². The Morgan fingerprint density at radius 1 is 1.32 bits per heavy atom. The van der Waals surface area contributed by atoms with Crippen LogP contribution in [-0.2, 0) is 0 Å². The molecule has 1 aliphatic rings. The second-order valence-electron chi connectivity index (χ2n) is 6.12. The number of H-pyrrole nitrogens is 1. The van der Waals surface area contributed by atoms with Gasteiger partial charge in [0.2, 0.25) is 5.95 Å². The van der Waals surface area contributed by atoms with Crippen molar-refractivity contribution in [3.8, 4) is 0 Å². The van der Waals surface area contributed by atoms with Gasteiger partial charge in [-0.3, -0.25) is 9.78 Å². The lowest BCUT2D eigenvalue weighted by molar-refractivity contribution is 0.211. The van der Waals surface area contributed by atoms with Crippen LogP contribution in [0.4, 0.5) is 10.3 Å². The highest BCUT2D eigenvalue weighted by atomic mass is 19.1. The zero-order valence-corrected chi connectivity index (χ0v) is 12.9. The number of para-hydroxylation sites is 1. The molecule has 1 saturated carbocycles. The number of hydrogen-bond donors (Lipinski definition) is 2. The minimum Gasteiger partial charge on any atom is -0.351 e. The Morgan fingerprint density at radius 2 is 2.09 bits per heavy atom. The fraction of sp³-hybridized carbons (Fsp3) is 0.500. The summed E-state index contributed by atoms with van der Waals surface area (Å²) < 4.78 is 13.9. The molecule has 118 valence electrons. The zero-order chi connectivity index (χ0) is 15.7. The molecule has 1 aliphatic carbocycles. The molecule has 0 radical (unpaired) electrons. The molecule has 2 N–H and O–H groups in total. The van der Waals surface area contributed by atoms with Gasteiger partial charge in [0.05, 0.1) is 5.39 Å². The van der Waals surface area contributed by atoms with E-state index >= 15 is 0 Å². The first-order valence-electron chi connectivity index (χ1n) is 7.68. The van der Waals surface area contributed by atoms with Gasteiger partial charge in [0.1, 0.15) is 11.3 Å². The minimum atomic E-state index is -0.473. The molecule has 0 spiro atoms. The average Bonchev–Trinajstić information content (AvgIpc) is 2.49. The van der Waals surface area contributed by atoms with Crippen molar-refractivity contribution in [3.05, 3.63) is 34.4 Å². The molecule has 1 aromatic carbocycles. The van der Waals surface area contributed by atoms with E-state index in [0.717, 1.165) is 19.3 Å². The van der Waals surface area contributed by atoms with Crippen LogP contribution in [0.25, 0.3) is 10.9 Å². The smallest absolute Gasteiger partial charge is 0.260 e. The number of nitrogens with zero attached hydrogens (tertiary/aromatic N) is 2. The number of hydrogen-bond acceptors (Lipinski definition) is 4. The zero-order valence-electron chi connectivity index (χ0n) is 12.9. The van der Waals surface area contributed by atoms with E-state index in [1.165, 1.54) is 18.6 Å². The number of aromatic amines is 1. The van der Waals surface area contributed by atoms with Gasteiger partial charge in [0.25, 0.3) is 5.56 Å². The Labute approximate surface area is 128 Å². The normalized spacial score (nSPS) is 22.2. The van der Waals surface area contributed by atoms with Gasteiger partial charge in [-0.15, -0.1) is 0 Å². The Hall–Kier alpha value is -1.95. The number of halogens is 1. The third kappa shape index (κ3) is 2.83. The van der Waals surface area contributed by atoms with E-state index in [4.69, 9.17) is 0 Å². The largest absolute Gasteiger partial charge is 0.351 e. The van der Waals surface area contributed by atoms with Gasteiger partial charge in [-0.05, 0) is 39.1 Å². The van der Waals surface area contributed by atoms with Crippen LogP contribution in [0.1, 0.15) is 25.7 Å². The Bertz CT molecular complexity index is 728. The van der Waals surface area contributed by atoms with Crippen LogP contribution < -0.4 is 10.9 Å². The molecule has 1 unspecified atom stereocenters. The monoisotopic (exact) mass is 304 g/mol. The molecule has 0 aliphatic heterocycles. The van der Waals surface area contributed by atoms with Crippen molar-refractivity contribution in [2.24, 2.45) is 0 Å². The average molecular weight is 304 g/mol. The van der Waals surface area contributed by atoms with Crippen molar-refractivity contribution in [2.75, 3.05) is 19.4 Å². The van der Waals surface area contributed by atoms with E-state index in [0.29, 0.717) is 12.0 Å². The van der Waals surface area contributed by atoms with Crippen LogP contribution in [-0.4, -0.2) is 41.0 Å². The van der Waals surface area contributed by atoms with E-state index < -0.39 is 5.82 Å². The molecule has 0 amide bonds. The Morgan fingerprint density at radius 3 is 2.86 bits per heavy atom. The molecular formula is C16H21FN4O. The van der Waals surface area contributed by atoms with E-state index in [9.17, 15) is 9.18 Å². The van der Waals surface area contributed by atoms with Crippen LogP contribution in [0.2, 0.25) is 0 Å². The number of benzene rings is 1. The Balaban J connectivity index is 1.93. The van der Waals surface area contributed by atoms with Crippen molar-refractivity contribution in [2.45, 2.75) is 37.8 Å². The molecule has 5 nitrogen and oxygen atoms in total. The van der Waals surface area contributed by atoms with Gasteiger partial charge in [0, 0.05) is 12.1 Å². The SMILES string of the molecule is CN(C)[C@@H]1CCCCC1Nc1nc2c(F)cccc2c(=O)[nH]1. The van der Waals surface area contributed by atoms with Crippen LogP contribution in [0.5, 0.6) is 0 Å². The van der Waals surface area contributed by atoms with Crippen molar-refractivity contribution < 1.29 is 4.39 Å². The summed E-state index contributed by atoms with van der Waals surface area (Å²) in [6.45, 7) is 0. The van der Waals surface area contributed by atoms with E-state index in [1.54, 1.807) is 6.07 Å². The fourth-order valence-corrected chi connectivity index (χ4v) is 3.27. The maximum absolute atomic E-state index is 13.9. The molecule has 1 heterocycles.